The van der Waals surface area contributed by atoms with Crippen LogP contribution in [0.15, 0.2) is 18.2 Å². The number of carboxylic acids is 1. The van der Waals surface area contributed by atoms with Crippen LogP contribution in [0.25, 0.3) is 0 Å². The van der Waals surface area contributed by atoms with Crippen molar-refractivity contribution in [3.63, 3.8) is 0 Å². The predicted octanol–water partition coefficient (Wildman–Crippen LogP) is 2.00. The smallest absolute Gasteiger partial charge is 0.317 e. The second-order valence-electron chi connectivity index (χ2n) is 4.33. The first kappa shape index (κ1) is 12.3. The first-order chi connectivity index (χ1) is 8.15. The van der Waals surface area contributed by atoms with Crippen LogP contribution in [0.3, 0.4) is 0 Å². The predicted molar refractivity (Wildman–Crippen MR) is 65.3 cm³/mol. The lowest BCUT2D eigenvalue weighted by molar-refractivity contribution is -0.138. The van der Waals surface area contributed by atoms with Crippen molar-refractivity contribution in [3.8, 4) is 0 Å². The normalized spacial score (nSPS) is 18.2. The van der Waals surface area contributed by atoms with Crippen LogP contribution in [0.2, 0.25) is 5.15 Å². The standard InChI is InChI=1S/C12H15ClN2O2/c13-11-3-1-2-10(14-11)9-4-6-15(7-5-9)8-12(16)17/h1-3,9H,4-8H2,(H,16,17). The summed E-state index contributed by atoms with van der Waals surface area (Å²) >= 11 is 5.86. The van der Waals surface area contributed by atoms with E-state index in [-0.39, 0.29) is 6.54 Å². The fourth-order valence-electron chi connectivity index (χ4n) is 2.23. The van der Waals surface area contributed by atoms with Crippen LogP contribution in [0, 0.1) is 0 Å². The third-order valence-electron chi connectivity index (χ3n) is 3.10. The summed E-state index contributed by atoms with van der Waals surface area (Å²) < 4.78 is 0. The molecule has 1 aromatic heterocycles. The summed E-state index contributed by atoms with van der Waals surface area (Å²) in [6.45, 7) is 1.76. The van der Waals surface area contributed by atoms with Gasteiger partial charge in [-0.3, -0.25) is 9.69 Å². The van der Waals surface area contributed by atoms with Gasteiger partial charge in [0.25, 0.3) is 0 Å². The van der Waals surface area contributed by atoms with Crippen LogP contribution in [0.1, 0.15) is 24.5 Å². The molecule has 1 N–H and O–H groups in total. The summed E-state index contributed by atoms with van der Waals surface area (Å²) in [4.78, 5) is 16.9. The number of aromatic nitrogens is 1. The number of likely N-dealkylation sites (tertiary alicyclic amines) is 1. The lowest BCUT2D eigenvalue weighted by Gasteiger charge is -2.30. The summed E-state index contributed by atoms with van der Waals surface area (Å²) in [6.07, 6.45) is 1.89. The van der Waals surface area contributed by atoms with Crippen molar-refractivity contribution < 1.29 is 9.90 Å². The molecule has 1 aliphatic heterocycles. The fraction of sp³-hybridized carbons (Fsp3) is 0.500. The maximum atomic E-state index is 10.6. The van der Waals surface area contributed by atoms with Gasteiger partial charge in [0.05, 0.1) is 6.54 Å². The number of rotatable bonds is 3. The van der Waals surface area contributed by atoms with E-state index in [1.54, 1.807) is 6.07 Å². The second kappa shape index (κ2) is 5.47. The maximum absolute atomic E-state index is 10.6. The highest BCUT2D eigenvalue weighted by Gasteiger charge is 2.22. The molecule has 4 nitrogen and oxygen atoms in total. The average molecular weight is 255 g/mol. The molecule has 92 valence electrons. The number of halogens is 1. The molecule has 5 heteroatoms. The zero-order chi connectivity index (χ0) is 12.3. The quantitative estimate of drug-likeness (QED) is 0.839. The molecule has 0 saturated carbocycles. The minimum absolute atomic E-state index is 0.135. The van der Waals surface area contributed by atoms with Crippen molar-refractivity contribution in [2.24, 2.45) is 0 Å². The molecule has 1 aromatic rings. The molecular formula is C12H15ClN2O2. The molecule has 0 aliphatic carbocycles. The van der Waals surface area contributed by atoms with Gasteiger partial charge in [-0.2, -0.15) is 0 Å². The summed E-state index contributed by atoms with van der Waals surface area (Å²) in [7, 11) is 0. The monoisotopic (exact) mass is 254 g/mol. The minimum Gasteiger partial charge on any atom is -0.480 e. The van der Waals surface area contributed by atoms with Gasteiger partial charge in [0.2, 0.25) is 0 Å². The average Bonchev–Trinajstić information content (AvgIpc) is 2.29. The van der Waals surface area contributed by atoms with E-state index in [4.69, 9.17) is 16.7 Å². The fourth-order valence-corrected chi connectivity index (χ4v) is 2.40. The Hall–Kier alpha value is -1.13. The third kappa shape index (κ3) is 3.41. The van der Waals surface area contributed by atoms with Crippen LogP contribution < -0.4 is 0 Å². The van der Waals surface area contributed by atoms with E-state index in [1.165, 1.54) is 0 Å². The van der Waals surface area contributed by atoms with E-state index < -0.39 is 5.97 Å². The molecule has 0 radical (unpaired) electrons. The van der Waals surface area contributed by atoms with E-state index in [1.807, 2.05) is 17.0 Å². The number of piperidine rings is 1. The van der Waals surface area contributed by atoms with E-state index in [0.717, 1.165) is 31.6 Å². The molecule has 2 heterocycles. The minimum atomic E-state index is -0.760. The van der Waals surface area contributed by atoms with Gasteiger partial charge in [0.15, 0.2) is 0 Å². The van der Waals surface area contributed by atoms with Gasteiger partial charge < -0.3 is 5.11 Å². The van der Waals surface area contributed by atoms with E-state index >= 15 is 0 Å². The molecule has 2 rings (SSSR count). The Morgan fingerprint density at radius 2 is 2.18 bits per heavy atom. The maximum Gasteiger partial charge on any atom is 0.317 e. The van der Waals surface area contributed by atoms with E-state index in [9.17, 15) is 4.79 Å². The molecule has 0 atom stereocenters. The van der Waals surface area contributed by atoms with Crippen LogP contribution in [0.5, 0.6) is 0 Å². The molecule has 1 saturated heterocycles. The summed E-state index contributed by atoms with van der Waals surface area (Å²) in [6, 6.07) is 5.67. The number of pyridine rings is 1. The molecule has 1 aliphatic rings. The first-order valence-electron chi connectivity index (χ1n) is 5.72. The number of aliphatic carboxylic acids is 1. The Kier molecular flexibility index (Phi) is 3.97. The SMILES string of the molecule is O=C(O)CN1CCC(c2cccc(Cl)n2)CC1. The zero-order valence-electron chi connectivity index (χ0n) is 9.47. The highest BCUT2D eigenvalue weighted by atomic mass is 35.5. The van der Waals surface area contributed by atoms with Crippen molar-refractivity contribution in [2.75, 3.05) is 19.6 Å². The van der Waals surface area contributed by atoms with Crippen molar-refractivity contribution in [1.29, 1.82) is 0 Å². The molecular weight excluding hydrogens is 240 g/mol. The van der Waals surface area contributed by atoms with E-state index in [0.29, 0.717) is 11.1 Å². The van der Waals surface area contributed by atoms with Gasteiger partial charge in [-0.15, -0.1) is 0 Å². The highest BCUT2D eigenvalue weighted by molar-refractivity contribution is 6.29. The lowest BCUT2D eigenvalue weighted by Crippen LogP contribution is -2.36. The first-order valence-corrected chi connectivity index (χ1v) is 6.09. The summed E-state index contributed by atoms with van der Waals surface area (Å²) in [5, 5.41) is 9.24. The number of carbonyl (C=O) groups is 1. The van der Waals surface area contributed by atoms with Crippen molar-refractivity contribution >= 4 is 17.6 Å². The Morgan fingerprint density at radius 1 is 1.47 bits per heavy atom. The number of nitrogens with zero attached hydrogens (tertiary/aromatic N) is 2. The summed E-state index contributed by atoms with van der Waals surface area (Å²) in [5.74, 6) is -0.358. The lowest BCUT2D eigenvalue weighted by atomic mass is 9.93. The van der Waals surface area contributed by atoms with Gasteiger partial charge in [-0.1, -0.05) is 17.7 Å². The van der Waals surface area contributed by atoms with Gasteiger partial charge in [-0.25, -0.2) is 4.98 Å². The Bertz CT molecular complexity index is 403. The highest BCUT2D eigenvalue weighted by Crippen LogP contribution is 2.27. The van der Waals surface area contributed by atoms with Gasteiger partial charge in [0.1, 0.15) is 5.15 Å². The number of hydrogen-bond acceptors (Lipinski definition) is 3. The molecule has 1 fully saturated rings. The van der Waals surface area contributed by atoms with Crippen molar-refractivity contribution in [3.05, 3.63) is 29.0 Å². The molecule has 0 bridgehead atoms. The van der Waals surface area contributed by atoms with Gasteiger partial charge in [-0.05, 0) is 38.1 Å². The van der Waals surface area contributed by atoms with Crippen LogP contribution in [-0.2, 0) is 4.79 Å². The van der Waals surface area contributed by atoms with Crippen molar-refractivity contribution in [2.45, 2.75) is 18.8 Å². The Morgan fingerprint density at radius 3 is 2.76 bits per heavy atom. The number of carboxylic acid groups (broad SMARTS) is 1. The van der Waals surface area contributed by atoms with Gasteiger partial charge >= 0.3 is 5.97 Å². The van der Waals surface area contributed by atoms with E-state index in [2.05, 4.69) is 4.98 Å². The molecule has 0 aromatic carbocycles. The summed E-state index contributed by atoms with van der Waals surface area (Å²) in [5.41, 5.74) is 1.02. The third-order valence-corrected chi connectivity index (χ3v) is 3.31. The zero-order valence-corrected chi connectivity index (χ0v) is 10.2. The number of hydrogen-bond donors (Lipinski definition) is 1. The van der Waals surface area contributed by atoms with Crippen LogP contribution in [-0.4, -0.2) is 40.6 Å². The Balaban J connectivity index is 1.93. The van der Waals surface area contributed by atoms with Crippen LogP contribution in [0.4, 0.5) is 0 Å². The van der Waals surface area contributed by atoms with Gasteiger partial charge in [0, 0.05) is 11.6 Å². The van der Waals surface area contributed by atoms with Crippen LogP contribution >= 0.6 is 11.6 Å². The molecule has 0 unspecified atom stereocenters. The topological polar surface area (TPSA) is 53.4 Å². The Labute approximate surface area is 105 Å². The van der Waals surface area contributed by atoms with Crippen molar-refractivity contribution in [1.82, 2.24) is 9.88 Å². The largest absolute Gasteiger partial charge is 0.480 e. The molecule has 0 spiro atoms. The second-order valence-corrected chi connectivity index (χ2v) is 4.72. The molecule has 17 heavy (non-hydrogen) atoms. The molecule has 0 amide bonds.